The maximum atomic E-state index is 11.8. The van der Waals surface area contributed by atoms with Crippen LogP contribution in [-0.4, -0.2) is 16.6 Å². The second kappa shape index (κ2) is 5.21. The van der Waals surface area contributed by atoms with Gasteiger partial charge in [0.2, 0.25) is 11.8 Å². The van der Waals surface area contributed by atoms with E-state index in [0.29, 0.717) is 0 Å². The Morgan fingerprint density at radius 2 is 1.40 bits per heavy atom. The van der Waals surface area contributed by atoms with Crippen LogP contribution in [0.4, 0.5) is 0 Å². The van der Waals surface area contributed by atoms with Crippen molar-refractivity contribution in [2.24, 2.45) is 0 Å². The lowest BCUT2D eigenvalue weighted by Gasteiger charge is -2.11. The Hall–Kier alpha value is -1.94. The molecule has 0 spiro atoms. The van der Waals surface area contributed by atoms with Crippen molar-refractivity contribution in [3.05, 3.63) is 60.2 Å². The molecule has 2 aromatic carbocycles. The molecule has 100 valence electrons. The Kier molecular flexibility index (Phi) is 3.40. The minimum atomic E-state index is -0.488. The second-order valence-electron chi connectivity index (χ2n) is 4.72. The summed E-state index contributed by atoms with van der Waals surface area (Å²) in [6.45, 7) is 0. The number of benzene rings is 2. The molecular weight excluding hydrogens is 318 g/mol. The summed E-state index contributed by atoms with van der Waals surface area (Å²) in [4.78, 5) is 22.8. The lowest BCUT2D eigenvalue weighted by molar-refractivity contribution is -0.125. The van der Waals surface area contributed by atoms with E-state index in [0.717, 1.165) is 16.7 Å². The van der Waals surface area contributed by atoms with Gasteiger partial charge in [-0.2, -0.15) is 0 Å². The Morgan fingerprint density at radius 1 is 0.800 bits per heavy atom. The zero-order valence-electron chi connectivity index (χ0n) is 10.5. The van der Waals surface area contributed by atoms with Crippen LogP contribution in [0.25, 0.3) is 11.1 Å². The monoisotopic (exact) mass is 329 g/mol. The van der Waals surface area contributed by atoms with Crippen LogP contribution in [0, 0.1) is 0 Å². The van der Waals surface area contributed by atoms with Gasteiger partial charge in [0.1, 0.15) is 4.83 Å². The van der Waals surface area contributed by atoms with Crippen LogP contribution in [0.3, 0.4) is 0 Å². The van der Waals surface area contributed by atoms with Crippen LogP contribution < -0.4 is 5.32 Å². The SMILES string of the molecule is O=C1NC(=O)C(c2ccc(-c3ccccc3)cc2)C1Br. The van der Waals surface area contributed by atoms with E-state index in [4.69, 9.17) is 0 Å². The molecule has 4 heteroatoms. The van der Waals surface area contributed by atoms with Crippen LogP contribution in [0.15, 0.2) is 54.6 Å². The van der Waals surface area contributed by atoms with Gasteiger partial charge in [-0.25, -0.2) is 0 Å². The zero-order valence-corrected chi connectivity index (χ0v) is 12.1. The Morgan fingerprint density at radius 3 is 1.95 bits per heavy atom. The average molecular weight is 330 g/mol. The first kappa shape index (κ1) is 13.1. The maximum absolute atomic E-state index is 11.8. The molecule has 3 nitrogen and oxygen atoms in total. The molecule has 2 amide bonds. The van der Waals surface area contributed by atoms with Crippen molar-refractivity contribution in [1.82, 2.24) is 5.32 Å². The van der Waals surface area contributed by atoms with Crippen LogP contribution in [0.2, 0.25) is 0 Å². The summed E-state index contributed by atoms with van der Waals surface area (Å²) >= 11 is 3.28. The summed E-state index contributed by atoms with van der Waals surface area (Å²) in [7, 11) is 0. The Labute approximate surface area is 125 Å². The van der Waals surface area contributed by atoms with Crippen molar-refractivity contribution >= 4 is 27.7 Å². The number of rotatable bonds is 2. The van der Waals surface area contributed by atoms with E-state index < -0.39 is 10.7 Å². The molecular formula is C16H12BrNO2. The molecule has 0 aromatic heterocycles. The first-order chi connectivity index (χ1) is 9.66. The number of carbonyl (C=O) groups excluding carboxylic acids is 2. The molecule has 1 saturated heterocycles. The third-order valence-electron chi connectivity index (χ3n) is 3.45. The lowest BCUT2D eigenvalue weighted by atomic mass is 9.95. The first-order valence-corrected chi connectivity index (χ1v) is 7.22. The average Bonchev–Trinajstić information content (AvgIpc) is 2.73. The highest BCUT2D eigenvalue weighted by Gasteiger charge is 2.40. The van der Waals surface area contributed by atoms with Crippen molar-refractivity contribution in [1.29, 1.82) is 0 Å². The van der Waals surface area contributed by atoms with E-state index in [2.05, 4.69) is 21.2 Å². The minimum absolute atomic E-state index is 0.246. The predicted octanol–water partition coefficient (Wildman–Crippen LogP) is 2.86. The fourth-order valence-electron chi connectivity index (χ4n) is 2.39. The molecule has 1 heterocycles. The van der Waals surface area contributed by atoms with Crippen molar-refractivity contribution < 1.29 is 9.59 Å². The fraction of sp³-hybridized carbons (Fsp3) is 0.125. The number of hydrogen-bond donors (Lipinski definition) is 1. The third kappa shape index (κ3) is 2.27. The Bertz CT molecular complexity index is 652. The topological polar surface area (TPSA) is 46.2 Å². The van der Waals surface area contributed by atoms with Crippen molar-refractivity contribution in [2.45, 2.75) is 10.7 Å². The highest BCUT2D eigenvalue weighted by Crippen LogP contribution is 2.31. The van der Waals surface area contributed by atoms with Gasteiger partial charge in [0.05, 0.1) is 5.92 Å². The van der Waals surface area contributed by atoms with Gasteiger partial charge in [-0.05, 0) is 16.7 Å². The quantitative estimate of drug-likeness (QED) is 0.680. The molecule has 2 atom stereocenters. The largest absolute Gasteiger partial charge is 0.295 e. The molecule has 20 heavy (non-hydrogen) atoms. The smallest absolute Gasteiger partial charge is 0.241 e. The van der Waals surface area contributed by atoms with Gasteiger partial charge in [-0.15, -0.1) is 0 Å². The van der Waals surface area contributed by atoms with Gasteiger partial charge in [-0.1, -0.05) is 70.5 Å². The standard InChI is InChI=1S/C16H12BrNO2/c17-14-13(15(19)18-16(14)20)12-8-6-11(7-9-12)10-4-2-1-3-5-10/h1-9,13-14H,(H,18,19,20). The number of amides is 2. The molecule has 0 bridgehead atoms. The van der Waals surface area contributed by atoms with Gasteiger partial charge in [-0.3, -0.25) is 14.9 Å². The summed E-state index contributed by atoms with van der Waals surface area (Å²) in [5.41, 5.74) is 3.06. The normalized spacial score (nSPS) is 21.9. The van der Waals surface area contributed by atoms with E-state index in [9.17, 15) is 9.59 Å². The number of alkyl halides is 1. The van der Waals surface area contributed by atoms with Gasteiger partial charge < -0.3 is 0 Å². The summed E-state index contributed by atoms with van der Waals surface area (Å²) in [5, 5.41) is 2.34. The summed E-state index contributed by atoms with van der Waals surface area (Å²) < 4.78 is 0. The van der Waals surface area contributed by atoms with E-state index in [1.54, 1.807) is 0 Å². The van der Waals surface area contributed by atoms with E-state index >= 15 is 0 Å². The minimum Gasteiger partial charge on any atom is -0.295 e. The predicted molar refractivity (Wildman–Crippen MR) is 80.5 cm³/mol. The molecule has 0 radical (unpaired) electrons. The van der Waals surface area contributed by atoms with Crippen LogP contribution in [0.5, 0.6) is 0 Å². The highest BCUT2D eigenvalue weighted by atomic mass is 79.9. The molecule has 0 saturated carbocycles. The number of hydrogen-bond acceptors (Lipinski definition) is 2. The molecule has 3 rings (SSSR count). The Balaban J connectivity index is 1.91. The number of imide groups is 1. The van der Waals surface area contributed by atoms with Crippen molar-refractivity contribution in [2.75, 3.05) is 0 Å². The lowest BCUT2D eigenvalue weighted by Crippen LogP contribution is -2.22. The number of carbonyl (C=O) groups is 2. The summed E-state index contributed by atoms with van der Waals surface area (Å²) in [5.74, 6) is -0.969. The summed E-state index contributed by atoms with van der Waals surface area (Å²) in [6, 6.07) is 17.8. The van der Waals surface area contributed by atoms with Crippen LogP contribution in [0.1, 0.15) is 11.5 Å². The van der Waals surface area contributed by atoms with Gasteiger partial charge in [0, 0.05) is 0 Å². The van der Waals surface area contributed by atoms with Gasteiger partial charge in [0.25, 0.3) is 0 Å². The van der Waals surface area contributed by atoms with E-state index in [-0.39, 0.29) is 11.8 Å². The molecule has 2 aromatic rings. The first-order valence-electron chi connectivity index (χ1n) is 6.31. The van der Waals surface area contributed by atoms with Crippen molar-refractivity contribution in [3.8, 4) is 11.1 Å². The van der Waals surface area contributed by atoms with E-state index in [1.165, 1.54) is 0 Å². The number of nitrogens with one attached hydrogen (secondary N) is 1. The fourth-order valence-corrected chi connectivity index (χ4v) is 3.05. The number of halogens is 1. The second-order valence-corrected chi connectivity index (χ2v) is 5.71. The molecule has 1 aliphatic heterocycles. The molecule has 0 aliphatic carbocycles. The molecule has 2 unspecified atom stereocenters. The van der Waals surface area contributed by atoms with Crippen LogP contribution in [-0.2, 0) is 9.59 Å². The third-order valence-corrected chi connectivity index (χ3v) is 4.39. The van der Waals surface area contributed by atoms with Crippen LogP contribution >= 0.6 is 15.9 Å². The molecule has 1 aliphatic rings. The van der Waals surface area contributed by atoms with Gasteiger partial charge in [0.15, 0.2) is 0 Å². The summed E-state index contributed by atoms with van der Waals surface area (Å²) in [6.07, 6.45) is 0. The zero-order chi connectivity index (χ0) is 14.1. The highest BCUT2D eigenvalue weighted by molar-refractivity contribution is 9.10. The molecule has 1 N–H and O–H groups in total. The van der Waals surface area contributed by atoms with Crippen molar-refractivity contribution in [3.63, 3.8) is 0 Å². The van der Waals surface area contributed by atoms with Gasteiger partial charge >= 0.3 is 0 Å². The van der Waals surface area contributed by atoms with E-state index in [1.807, 2.05) is 54.6 Å². The maximum Gasteiger partial charge on any atom is 0.241 e. The molecule has 1 fully saturated rings.